The Labute approximate surface area is 330 Å². The van der Waals surface area contributed by atoms with Crippen molar-refractivity contribution in [3.63, 3.8) is 0 Å². The van der Waals surface area contributed by atoms with E-state index >= 15 is 0 Å². The Kier molecular flexibility index (Phi) is 31.4. The van der Waals surface area contributed by atoms with E-state index in [1.165, 1.54) is 12.8 Å². The molecule has 4 aliphatic heterocycles. The Morgan fingerprint density at radius 1 is 0.545 bits per heavy atom. The maximum atomic E-state index is 10.5. The summed E-state index contributed by atoms with van der Waals surface area (Å²) in [6.45, 7) is 21.9. The Morgan fingerprint density at radius 3 is 1.25 bits per heavy atom. The monoisotopic (exact) mass is 788 g/mol. The van der Waals surface area contributed by atoms with E-state index in [2.05, 4.69) is 50.3 Å². The van der Waals surface area contributed by atoms with E-state index in [0.29, 0.717) is 32.1 Å². The number of morpholine rings is 1. The van der Waals surface area contributed by atoms with Crippen LogP contribution in [-0.4, -0.2) is 202 Å². The van der Waals surface area contributed by atoms with Crippen molar-refractivity contribution in [1.82, 2.24) is 29.4 Å². The van der Waals surface area contributed by atoms with Crippen LogP contribution < -0.4 is 28.7 Å². The number of carbonyl (C=O) groups is 5. The number of nitrogens with zero attached hydrogens (tertiary/aromatic N) is 6. The van der Waals surface area contributed by atoms with E-state index in [1.54, 1.807) is 0 Å². The third-order valence-corrected chi connectivity index (χ3v) is 9.72. The molecule has 18 heteroatoms. The summed E-state index contributed by atoms with van der Waals surface area (Å²) in [6.07, 6.45) is 6.41. The van der Waals surface area contributed by atoms with Crippen LogP contribution in [0.2, 0.25) is 0 Å². The number of ether oxygens (including phenoxy) is 1. The van der Waals surface area contributed by atoms with Gasteiger partial charge in [-0.2, -0.15) is 0 Å². The predicted octanol–water partition coefficient (Wildman–Crippen LogP) is -2.22. The Hall–Kier alpha value is -2.97. The molecule has 4 saturated heterocycles. The molecule has 55 heavy (non-hydrogen) atoms. The zero-order chi connectivity index (χ0) is 41.4. The fourth-order valence-corrected chi connectivity index (χ4v) is 5.93. The number of likely N-dealkylation sites (tertiary alicyclic amines) is 2. The molecule has 0 atom stereocenters. The zero-order valence-electron chi connectivity index (χ0n) is 34.3. The Bertz CT molecular complexity index is 975. The standard InChI is InChI=1S/C8H17N3O.C8H16N2O2.C7H14N2O2.C7H14N2O.C7H16N2O/c1-10-4-6-11(7-5-10)3-2-8(9)12;9-8(12)3-6-10-4-1-7(11)2-5-10;8-7(10)1-2-9-3-5-11-6-4-9;8-7(10)3-6-9-4-1-2-5-9;1-3-9(4-2)6-5-7(8)10/h2-7H2,1H3,(H2,9,12);7,11H,1-6H2,(H2,9,12);1-6H2,(H2,8,10);1-6H2,(H2,8,10);3-6H2,1-2H3,(H2,8,10). The molecule has 0 spiro atoms. The number of hydrogen-bond donors (Lipinski definition) is 6. The number of carbonyl (C=O) groups excluding carboxylic acids is 5. The van der Waals surface area contributed by atoms with Gasteiger partial charge in [-0.05, 0) is 58.9 Å². The van der Waals surface area contributed by atoms with Crippen LogP contribution in [0, 0.1) is 0 Å². The summed E-state index contributed by atoms with van der Waals surface area (Å²) < 4.78 is 5.15. The summed E-state index contributed by atoms with van der Waals surface area (Å²) in [6, 6.07) is 0. The predicted molar refractivity (Wildman–Crippen MR) is 215 cm³/mol. The number of rotatable bonds is 17. The molecule has 0 aromatic rings. The van der Waals surface area contributed by atoms with Gasteiger partial charge in [-0.1, -0.05) is 13.8 Å². The van der Waals surface area contributed by atoms with E-state index in [0.717, 1.165) is 137 Å². The first-order chi connectivity index (χ1) is 26.1. The van der Waals surface area contributed by atoms with Crippen LogP contribution in [0.5, 0.6) is 0 Å². The van der Waals surface area contributed by atoms with Gasteiger partial charge in [-0.15, -0.1) is 0 Å². The molecule has 0 saturated carbocycles. The van der Waals surface area contributed by atoms with E-state index in [4.69, 9.17) is 33.4 Å². The lowest BCUT2D eigenvalue weighted by molar-refractivity contribution is -0.119. The number of hydrogen-bond acceptors (Lipinski definition) is 13. The average Bonchev–Trinajstić information content (AvgIpc) is 3.69. The molecule has 4 heterocycles. The van der Waals surface area contributed by atoms with Crippen LogP contribution in [-0.2, 0) is 28.7 Å². The maximum Gasteiger partial charge on any atom is 0.218 e. The maximum absolute atomic E-state index is 10.5. The van der Waals surface area contributed by atoms with Gasteiger partial charge < -0.3 is 63.0 Å². The summed E-state index contributed by atoms with van der Waals surface area (Å²) in [4.78, 5) is 65.4. The number of primary amides is 5. The quantitative estimate of drug-likeness (QED) is 0.0914. The largest absolute Gasteiger partial charge is 0.393 e. The molecule has 11 N–H and O–H groups in total. The smallest absolute Gasteiger partial charge is 0.218 e. The van der Waals surface area contributed by atoms with Gasteiger partial charge in [0.1, 0.15) is 0 Å². The molecule has 5 amide bonds. The number of nitrogens with two attached hydrogens (primary N) is 5. The minimum Gasteiger partial charge on any atom is -0.393 e. The van der Waals surface area contributed by atoms with Gasteiger partial charge in [0, 0.05) is 117 Å². The zero-order valence-corrected chi connectivity index (χ0v) is 34.3. The van der Waals surface area contributed by atoms with Gasteiger partial charge in [0.25, 0.3) is 0 Å². The van der Waals surface area contributed by atoms with Crippen molar-refractivity contribution >= 4 is 29.5 Å². The highest BCUT2D eigenvalue weighted by Gasteiger charge is 2.17. The highest BCUT2D eigenvalue weighted by atomic mass is 16.5. The normalized spacial score (nSPS) is 18.6. The number of likely N-dealkylation sites (N-methyl/N-ethyl adjacent to an activating group) is 1. The number of aliphatic hydroxyl groups is 1. The van der Waals surface area contributed by atoms with Crippen LogP contribution in [0.3, 0.4) is 0 Å². The van der Waals surface area contributed by atoms with Crippen molar-refractivity contribution in [2.24, 2.45) is 28.7 Å². The molecular weight excluding hydrogens is 710 g/mol. The van der Waals surface area contributed by atoms with Gasteiger partial charge in [0.2, 0.25) is 29.5 Å². The molecular formula is C37H77N11O7. The summed E-state index contributed by atoms with van der Waals surface area (Å²) in [5.74, 6) is -1.08. The van der Waals surface area contributed by atoms with Gasteiger partial charge in [-0.25, -0.2) is 0 Å². The molecule has 4 aliphatic rings. The molecule has 0 radical (unpaired) electrons. The first kappa shape index (κ1) is 52.0. The molecule has 0 aliphatic carbocycles. The van der Waals surface area contributed by atoms with Crippen LogP contribution >= 0.6 is 0 Å². The molecule has 0 bridgehead atoms. The average molecular weight is 788 g/mol. The second-order valence-corrected chi connectivity index (χ2v) is 14.3. The summed E-state index contributed by atoms with van der Waals surface area (Å²) >= 11 is 0. The molecule has 0 aromatic heterocycles. The van der Waals surface area contributed by atoms with Gasteiger partial charge in [0.15, 0.2) is 0 Å². The van der Waals surface area contributed by atoms with Crippen molar-refractivity contribution in [3.8, 4) is 0 Å². The minimum atomic E-state index is -0.249. The highest BCUT2D eigenvalue weighted by molar-refractivity contribution is 5.75. The molecule has 18 nitrogen and oxygen atoms in total. The lowest BCUT2D eigenvalue weighted by Crippen LogP contribution is -2.45. The van der Waals surface area contributed by atoms with Crippen LogP contribution in [0.15, 0.2) is 0 Å². The molecule has 322 valence electrons. The van der Waals surface area contributed by atoms with Crippen molar-refractivity contribution in [1.29, 1.82) is 0 Å². The molecule has 4 rings (SSSR count). The second-order valence-electron chi connectivity index (χ2n) is 14.3. The minimum absolute atomic E-state index is 0.144. The topological polar surface area (TPSA) is 264 Å². The third-order valence-electron chi connectivity index (χ3n) is 9.72. The van der Waals surface area contributed by atoms with Crippen molar-refractivity contribution in [2.45, 2.75) is 77.7 Å². The van der Waals surface area contributed by atoms with Gasteiger partial charge in [0.05, 0.1) is 19.3 Å². The molecule has 0 unspecified atom stereocenters. The van der Waals surface area contributed by atoms with Gasteiger partial charge in [-0.3, -0.25) is 28.9 Å². The third kappa shape index (κ3) is 32.9. The first-order valence-electron chi connectivity index (χ1n) is 20.1. The fraction of sp³-hybridized carbons (Fsp3) is 0.865. The summed E-state index contributed by atoms with van der Waals surface area (Å²) in [7, 11) is 2.12. The number of piperazine rings is 1. The van der Waals surface area contributed by atoms with E-state index in [9.17, 15) is 29.1 Å². The van der Waals surface area contributed by atoms with Crippen LogP contribution in [0.4, 0.5) is 0 Å². The summed E-state index contributed by atoms with van der Waals surface area (Å²) in [5, 5.41) is 9.19. The fourth-order valence-electron chi connectivity index (χ4n) is 5.93. The molecule has 0 aromatic carbocycles. The Morgan fingerprint density at radius 2 is 0.891 bits per heavy atom. The van der Waals surface area contributed by atoms with Crippen molar-refractivity contribution in [2.75, 3.05) is 132 Å². The number of aliphatic hydroxyl groups excluding tert-OH is 1. The highest BCUT2D eigenvalue weighted by Crippen LogP contribution is 2.09. The molecule has 4 fully saturated rings. The Balaban J connectivity index is 0.000000664. The second kappa shape index (κ2) is 33.2. The van der Waals surface area contributed by atoms with E-state index < -0.39 is 0 Å². The van der Waals surface area contributed by atoms with Gasteiger partial charge >= 0.3 is 0 Å². The number of amides is 5. The van der Waals surface area contributed by atoms with Crippen molar-refractivity contribution in [3.05, 3.63) is 0 Å². The van der Waals surface area contributed by atoms with Crippen LogP contribution in [0.25, 0.3) is 0 Å². The summed E-state index contributed by atoms with van der Waals surface area (Å²) in [5.41, 5.74) is 25.1. The van der Waals surface area contributed by atoms with Crippen molar-refractivity contribution < 1.29 is 33.8 Å². The van der Waals surface area contributed by atoms with E-state index in [-0.39, 0.29) is 35.6 Å². The lowest BCUT2D eigenvalue weighted by Gasteiger charge is -2.31. The first-order valence-corrected chi connectivity index (χ1v) is 20.1. The number of piperidine rings is 1. The van der Waals surface area contributed by atoms with Crippen LogP contribution in [0.1, 0.15) is 71.6 Å². The lowest BCUT2D eigenvalue weighted by atomic mass is 10.1. The van der Waals surface area contributed by atoms with E-state index in [1.807, 2.05) is 0 Å². The SMILES string of the molecule is CCN(CC)CCC(N)=O.CN1CCN(CCC(N)=O)CC1.NC(=O)CCN1CCC(O)CC1.NC(=O)CCN1CCCC1.NC(=O)CCN1CCOCC1.